The highest BCUT2D eigenvalue weighted by Crippen LogP contribution is 2.26. The first-order chi connectivity index (χ1) is 16.1. The summed E-state index contributed by atoms with van der Waals surface area (Å²) in [6, 6.07) is 13.4. The average molecular weight is 464 g/mol. The van der Waals surface area contributed by atoms with Gasteiger partial charge in [-0.1, -0.05) is 37.5 Å². The van der Waals surface area contributed by atoms with Gasteiger partial charge in [0, 0.05) is 48.7 Å². The van der Waals surface area contributed by atoms with Crippen molar-refractivity contribution in [2.45, 2.75) is 49.6 Å². The normalized spacial score (nSPS) is 14.1. The molecule has 0 spiro atoms. The minimum absolute atomic E-state index is 0.112. The molecular weight excluding hydrogens is 434 g/mol. The Balaban J connectivity index is 1.38. The molecule has 0 atom stereocenters. The van der Waals surface area contributed by atoms with Crippen molar-refractivity contribution in [2.75, 3.05) is 12.8 Å². The predicted molar refractivity (Wildman–Crippen MR) is 129 cm³/mol. The van der Waals surface area contributed by atoms with Crippen molar-refractivity contribution in [2.24, 2.45) is 0 Å². The molecule has 2 aromatic heterocycles. The largest absolute Gasteiger partial charge is 0.348 e. The SMILES string of the molecule is CN(C(=O)CSc1ccccc1C(=O)NCc1cccnc1-n1cccn1)C1CCCCC1. The van der Waals surface area contributed by atoms with E-state index in [2.05, 4.69) is 15.4 Å². The van der Waals surface area contributed by atoms with E-state index in [1.165, 1.54) is 31.0 Å². The van der Waals surface area contributed by atoms with Crippen LogP contribution in [0.1, 0.15) is 48.0 Å². The Hall–Kier alpha value is -3.13. The number of aromatic nitrogens is 3. The first-order valence-corrected chi connectivity index (χ1v) is 12.3. The predicted octanol–water partition coefficient (Wildman–Crippen LogP) is 4.08. The van der Waals surface area contributed by atoms with Crippen LogP contribution in [0.4, 0.5) is 0 Å². The van der Waals surface area contributed by atoms with Gasteiger partial charge in [0.15, 0.2) is 5.82 Å². The van der Waals surface area contributed by atoms with Crippen LogP contribution >= 0.6 is 11.8 Å². The Labute approximate surface area is 198 Å². The number of nitrogens with one attached hydrogen (secondary N) is 1. The monoisotopic (exact) mass is 463 g/mol. The second kappa shape index (κ2) is 11.1. The Morgan fingerprint density at radius 2 is 1.91 bits per heavy atom. The first kappa shape index (κ1) is 23.0. The van der Waals surface area contributed by atoms with Gasteiger partial charge in [0.05, 0.1) is 11.3 Å². The van der Waals surface area contributed by atoms with Gasteiger partial charge in [0.1, 0.15) is 0 Å². The van der Waals surface area contributed by atoms with Crippen LogP contribution in [0, 0.1) is 0 Å². The van der Waals surface area contributed by atoms with Crippen LogP contribution in [0.15, 0.2) is 66.0 Å². The number of benzene rings is 1. The minimum atomic E-state index is -0.179. The summed E-state index contributed by atoms with van der Waals surface area (Å²) in [5.74, 6) is 0.938. The van der Waals surface area contributed by atoms with Crippen molar-refractivity contribution < 1.29 is 9.59 Å². The lowest BCUT2D eigenvalue weighted by atomic mass is 9.94. The minimum Gasteiger partial charge on any atom is -0.348 e. The van der Waals surface area contributed by atoms with Crippen LogP contribution in [-0.4, -0.2) is 50.3 Å². The molecule has 0 radical (unpaired) electrons. The van der Waals surface area contributed by atoms with Crippen molar-refractivity contribution in [3.63, 3.8) is 0 Å². The van der Waals surface area contributed by atoms with Gasteiger partial charge < -0.3 is 10.2 Å². The van der Waals surface area contributed by atoms with Gasteiger partial charge in [-0.2, -0.15) is 5.10 Å². The molecule has 1 aliphatic rings. The lowest BCUT2D eigenvalue weighted by Gasteiger charge is -2.31. The number of hydrogen-bond acceptors (Lipinski definition) is 5. The summed E-state index contributed by atoms with van der Waals surface area (Å²) in [4.78, 5) is 32.8. The quantitative estimate of drug-likeness (QED) is 0.509. The summed E-state index contributed by atoms with van der Waals surface area (Å²) in [6.07, 6.45) is 11.0. The molecule has 2 amide bonds. The molecule has 1 aliphatic carbocycles. The fourth-order valence-corrected chi connectivity index (χ4v) is 5.11. The highest BCUT2D eigenvalue weighted by molar-refractivity contribution is 8.00. The number of carbonyl (C=O) groups excluding carboxylic acids is 2. The standard InChI is InChI=1S/C25H29N5O2S/c1-29(20-10-3-2-4-11-20)23(31)18-33-22-13-6-5-12-21(22)25(32)27-17-19-9-7-14-26-24(19)30-16-8-15-28-30/h5-9,12-16,20H,2-4,10-11,17-18H2,1H3,(H,27,32). The van der Waals surface area contributed by atoms with Crippen LogP contribution < -0.4 is 5.32 Å². The number of amides is 2. The van der Waals surface area contributed by atoms with Gasteiger partial charge in [0.25, 0.3) is 5.91 Å². The van der Waals surface area contributed by atoms with E-state index in [0.29, 0.717) is 29.7 Å². The van der Waals surface area contributed by atoms with E-state index in [9.17, 15) is 9.59 Å². The van der Waals surface area contributed by atoms with Crippen LogP contribution in [-0.2, 0) is 11.3 Å². The molecule has 33 heavy (non-hydrogen) atoms. The maximum absolute atomic E-state index is 13.0. The number of nitrogens with zero attached hydrogens (tertiary/aromatic N) is 4. The molecule has 2 heterocycles. The van der Waals surface area contributed by atoms with E-state index in [-0.39, 0.29) is 11.8 Å². The Morgan fingerprint density at radius 3 is 2.70 bits per heavy atom. The highest BCUT2D eigenvalue weighted by Gasteiger charge is 2.22. The van der Waals surface area contributed by atoms with E-state index in [4.69, 9.17) is 0 Å². The van der Waals surface area contributed by atoms with Gasteiger partial charge >= 0.3 is 0 Å². The molecular formula is C25H29N5O2S. The third-order valence-corrected chi connectivity index (χ3v) is 7.09. The van der Waals surface area contributed by atoms with Crippen LogP contribution in [0.5, 0.6) is 0 Å². The molecule has 0 saturated heterocycles. The van der Waals surface area contributed by atoms with Crippen molar-refractivity contribution in [3.05, 3.63) is 72.2 Å². The summed E-state index contributed by atoms with van der Waals surface area (Å²) in [7, 11) is 1.91. The van der Waals surface area contributed by atoms with Gasteiger partial charge in [-0.05, 0) is 37.1 Å². The Morgan fingerprint density at radius 1 is 1.09 bits per heavy atom. The summed E-state index contributed by atoms with van der Waals surface area (Å²) in [5, 5.41) is 7.23. The lowest BCUT2D eigenvalue weighted by Crippen LogP contribution is -2.39. The fraction of sp³-hybridized carbons (Fsp3) is 0.360. The number of thioether (sulfide) groups is 1. The van der Waals surface area contributed by atoms with Crippen LogP contribution in [0.25, 0.3) is 5.82 Å². The highest BCUT2D eigenvalue weighted by atomic mass is 32.2. The zero-order chi connectivity index (χ0) is 23.0. The van der Waals surface area contributed by atoms with Crippen LogP contribution in [0.3, 0.4) is 0 Å². The van der Waals surface area contributed by atoms with Gasteiger partial charge in [-0.25, -0.2) is 9.67 Å². The smallest absolute Gasteiger partial charge is 0.252 e. The third-order valence-electron chi connectivity index (χ3n) is 6.03. The second-order valence-corrected chi connectivity index (χ2v) is 9.22. The molecule has 3 aromatic rings. The molecule has 0 unspecified atom stereocenters. The molecule has 8 heteroatoms. The zero-order valence-corrected chi connectivity index (χ0v) is 19.6. The number of pyridine rings is 1. The van der Waals surface area contributed by atoms with Crippen molar-refractivity contribution in [3.8, 4) is 5.82 Å². The summed E-state index contributed by atoms with van der Waals surface area (Å²) in [5.41, 5.74) is 1.43. The van der Waals surface area contributed by atoms with E-state index < -0.39 is 0 Å². The van der Waals surface area contributed by atoms with E-state index in [1.807, 2.05) is 54.5 Å². The topological polar surface area (TPSA) is 80.1 Å². The van der Waals surface area contributed by atoms with Gasteiger partial charge in [0.2, 0.25) is 5.91 Å². The van der Waals surface area contributed by atoms with E-state index >= 15 is 0 Å². The molecule has 1 fully saturated rings. The summed E-state index contributed by atoms with van der Waals surface area (Å²) in [6.45, 7) is 0.324. The van der Waals surface area contributed by atoms with Crippen molar-refractivity contribution >= 4 is 23.6 Å². The summed E-state index contributed by atoms with van der Waals surface area (Å²) >= 11 is 1.42. The number of hydrogen-bond donors (Lipinski definition) is 1. The fourth-order valence-electron chi connectivity index (χ4n) is 4.13. The van der Waals surface area contributed by atoms with Crippen molar-refractivity contribution in [1.82, 2.24) is 25.0 Å². The molecule has 0 bridgehead atoms. The third kappa shape index (κ3) is 5.82. The Kier molecular flexibility index (Phi) is 7.78. The first-order valence-electron chi connectivity index (χ1n) is 11.3. The molecule has 172 valence electrons. The molecule has 0 aliphatic heterocycles. The Bertz CT molecular complexity index is 1080. The molecule has 1 N–H and O–H groups in total. The van der Waals surface area contributed by atoms with Gasteiger partial charge in [-0.3, -0.25) is 9.59 Å². The lowest BCUT2D eigenvalue weighted by molar-refractivity contribution is -0.129. The maximum Gasteiger partial charge on any atom is 0.252 e. The molecule has 4 rings (SSSR count). The molecule has 1 aromatic carbocycles. The van der Waals surface area contributed by atoms with Crippen molar-refractivity contribution in [1.29, 1.82) is 0 Å². The second-order valence-electron chi connectivity index (χ2n) is 8.20. The molecule has 1 saturated carbocycles. The number of carbonyl (C=O) groups is 2. The average Bonchev–Trinajstić information content (AvgIpc) is 3.41. The maximum atomic E-state index is 13.0. The molecule has 7 nitrogen and oxygen atoms in total. The van der Waals surface area contributed by atoms with E-state index in [1.54, 1.807) is 23.1 Å². The van der Waals surface area contributed by atoms with E-state index in [0.717, 1.165) is 23.3 Å². The van der Waals surface area contributed by atoms with Gasteiger partial charge in [-0.15, -0.1) is 11.8 Å². The summed E-state index contributed by atoms with van der Waals surface area (Å²) < 4.78 is 1.68. The zero-order valence-electron chi connectivity index (χ0n) is 18.8. The van der Waals surface area contributed by atoms with Crippen LogP contribution in [0.2, 0.25) is 0 Å². The number of rotatable bonds is 8.